The zero-order chi connectivity index (χ0) is 8.85. The van der Waals surface area contributed by atoms with Crippen molar-refractivity contribution in [2.24, 2.45) is 5.92 Å². The van der Waals surface area contributed by atoms with E-state index in [0.717, 1.165) is 6.42 Å². The van der Waals surface area contributed by atoms with E-state index in [9.17, 15) is 4.79 Å². The van der Waals surface area contributed by atoms with Crippen LogP contribution in [0.25, 0.3) is 0 Å². The van der Waals surface area contributed by atoms with Crippen molar-refractivity contribution >= 4 is 5.78 Å². The van der Waals surface area contributed by atoms with Crippen LogP contribution in [0.4, 0.5) is 0 Å². The van der Waals surface area contributed by atoms with Gasteiger partial charge >= 0.3 is 0 Å². The summed E-state index contributed by atoms with van der Waals surface area (Å²) in [6.07, 6.45) is 1.22. The van der Waals surface area contributed by atoms with E-state index in [1.807, 2.05) is 6.92 Å². The second kappa shape index (κ2) is 5.30. The molecule has 0 radical (unpaired) electrons. The van der Waals surface area contributed by atoms with Crippen LogP contribution in [0.15, 0.2) is 0 Å². The van der Waals surface area contributed by atoms with E-state index in [1.165, 1.54) is 0 Å². The van der Waals surface area contributed by atoms with Crippen molar-refractivity contribution in [3.63, 3.8) is 0 Å². The Hall–Kier alpha value is -0.370. The molecule has 0 bridgehead atoms. The molecule has 0 aliphatic heterocycles. The van der Waals surface area contributed by atoms with Crippen LogP contribution in [-0.4, -0.2) is 17.0 Å². The maximum atomic E-state index is 11.0. The fraction of sp³-hybridized carbons (Fsp3) is 0.889. The molecule has 0 aromatic rings. The molecule has 0 aromatic carbocycles. The molecule has 0 amide bonds. The molecule has 0 aliphatic rings. The third-order valence-corrected chi connectivity index (χ3v) is 1.73. The topological polar surface area (TPSA) is 37.3 Å². The molecule has 11 heavy (non-hydrogen) atoms. The average molecular weight is 158 g/mol. The smallest absolute Gasteiger partial charge is 0.161 e. The highest BCUT2D eigenvalue weighted by molar-refractivity contribution is 5.82. The fourth-order valence-electron chi connectivity index (χ4n) is 0.825. The SMILES string of the molecule is CCC(O)C(=O)CCC(C)C. The summed E-state index contributed by atoms with van der Waals surface area (Å²) in [5, 5.41) is 9.09. The zero-order valence-corrected chi connectivity index (χ0v) is 7.63. The molecule has 0 saturated heterocycles. The second-order valence-corrected chi connectivity index (χ2v) is 3.32. The predicted molar refractivity (Wildman–Crippen MR) is 45.4 cm³/mol. The van der Waals surface area contributed by atoms with Crippen LogP contribution in [0, 0.1) is 5.92 Å². The highest BCUT2D eigenvalue weighted by atomic mass is 16.3. The molecular weight excluding hydrogens is 140 g/mol. The summed E-state index contributed by atoms with van der Waals surface area (Å²) in [7, 11) is 0. The Labute approximate surface area is 68.6 Å². The number of rotatable bonds is 5. The lowest BCUT2D eigenvalue weighted by molar-refractivity contribution is -0.127. The number of carbonyl (C=O) groups excluding carboxylic acids is 1. The lowest BCUT2D eigenvalue weighted by atomic mass is 10.0. The van der Waals surface area contributed by atoms with Gasteiger partial charge in [-0.05, 0) is 18.8 Å². The first kappa shape index (κ1) is 10.6. The number of ketones is 1. The third kappa shape index (κ3) is 4.96. The molecular formula is C9H18O2. The molecule has 66 valence electrons. The molecule has 2 nitrogen and oxygen atoms in total. The van der Waals surface area contributed by atoms with Crippen molar-refractivity contribution < 1.29 is 9.90 Å². The van der Waals surface area contributed by atoms with Crippen LogP contribution in [0.2, 0.25) is 0 Å². The number of aliphatic hydroxyl groups is 1. The van der Waals surface area contributed by atoms with Gasteiger partial charge in [0.15, 0.2) is 5.78 Å². The minimum atomic E-state index is -0.728. The largest absolute Gasteiger partial charge is 0.385 e. The fourth-order valence-corrected chi connectivity index (χ4v) is 0.825. The lowest BCUT2D eigenvalue weighted by Gasteiger charge is -2.07. The van der Waals surface area contributed by atoms with Gasteiger partial charge in [0, 0.05) is 6.42 Å². The maximum absolute atomic E-state index is 11.0. The molecule has 0 heterocycles. The summed E-state index contributed by atoms with van der Waals surface area (Å²) in [5.74, 6) is 0.532. The van der Waals surface area contributed by atoms with E-state index in [1.54, 1.807) is 0 Å². The van der Waals surface area contributed by atoms with Gasteiger partial charge in [0.25, 0.3) is 0 Å². The van der Waals surface area contributed by atoms with Crippen molar-refractivity contribution in [3.8, 4) is 0 Å². The summed E-state index contributed by atoms with van der Waals surface area (Å²) in [4.78, 5) is 11.0. The number of Topliss-reactive ketones (excluding diaryl/α,β-unsaturated/α-hetero) is 1. The number of carbonyl (C=O) groups is 1. The molecule has 2 heteroatoms. The molecule has 0 rings (SSSR count). The van der Waals surface area contributed by atoms with Crippen LogP contribution in [-0.2, 0) is 4.79 Å². The van der Waals surface area contributed by atoms with Crippen molar-refractivity contribution in [1.82, 2.24) is 0 Å². The molecule has 0 aromatic heterocycles. The van der Waals surface area contributed by atoms with E-state index in [-0.39, 0.29) is 5.78 Å². The van der Waals surface area contributed by atoms with Crippen LogP contribution in [0.1, 0.15) is 40.0 Å². The van der Waals surface area contributed by atoms with Gasteiger partial charge in [-0.25, -0.2) is 0 Å². The Morgan fingerprint density at radius 2 is 2.00 bits per heavy atom. The van der Waals surface area contributed by atoms with Crippen LogP contribution in [0.5, 0.6) is 0 Å². The molecule has 1 N–H and O–H groups in total. The van der Waals surface area contributed by atoms with E-state index in [2.05, 4.69) is 13.8 Å². The van der Waals surface area contributed by atoms with Gasteiger partial charge in [0.1, 0.15) is 6.10 Å². The first-order valence-corrected chi connectivity index (χ1v) is 4.28. The molecule has 0 aliphatic carbocycles. The first-order chi connectivity index (χ1) is 5.07. The zero-order valence-electron chi connectivity index (χ0n) is 7.63. The third-order valence-electron chi connectivity index (χ3n) is 1.73. The molecule has 0 fully saturated rings. The minimum Gasteiger partial charge on any atom is -0.385 e. The summed E-state index contributed by atoms with van der Waals surface area (Å²) in [6, 6.07) is 0. The average Bonchev–Trinajstić information content (AvgIpc) is 1.98. The van der Waals surface area contributed by atoms with Crippen molar-refractivity contribution in [2.75, 3.05) is 0 Å². The maximum Gasteiger partial charge on any atom is 0.161 e. The van der Waals surface area contributed by atoms with Gasteiger partial charge in [0.2, 0.25) is 0 Å². The lowest BCUT2D eigenvalue weighted by Crippen LogP contribution is -2.19. The normalized spacial score (nSPS) is 13.5. The number of hydrogen-bond acceptors (Lipinski definition) is 2. The molecule has 0 spiro atoms. The Kier molecular flexibility index (Phi) is 5.12. The van der Waals surface area contributed by atoms with Gasteiger partial charge < -0.3 is 5.11 Å². The Balaban J connectivity index is 3.52. The summed E-state index contributed by atoms with van der Waals surface area (Å²) >= 11 is 0. The van der Waals surface area contributed by atoms with E-state index < -0.39 is 6.10 Å². The first-order valence-electron chi connectivity index (χ1n) is 4.28. The van der Waals surface area contributed by atoms with Gasteiger partial charge in [-0.15, -0.1) is 0 Å². The number of aliphatic hydroxyl groups excluding tert-OH is 1. The Morgan fingerprint density at radius 1 is 1.45 bits per heavy atom. The van der Waals surface area contributed by atoms with Crippen molar-refractivity contribution in [1.29, 1.82) is 0 Å². The monoisotopic (exact) mass is 158 g/mol. The van der Waals surface area contributed by atoms with Gasteiger partial charge in [-0.2, -0.15) is 0 Å². The highest BCUT2D eigenvalue weighted by Gasteiger charge is 2.11. The van der Waals surface area contributed by atoms with Gasteiger partial charge in [-0.3, -0.25) is 4.79 Å². The molecule has 0 saturated carbocycles. The van der Waals surface area contributed by atoms with Crippen LogP contribution in [0.3, 0.4) is 0 Å². The van der Waals surface area contributed by atoms with E-state index in [0.29, 0.717) is 18.8 Å². The van der Waals surface area contributed by atoms with Crippen LogP contribution < -0.4 is 0 Å². The standard InChI is InChI=1S/C9H18O2/c1-4-8(10)9(11)6-5-7(2)3/h7-8,10H,4-6H2,1-3H3. The number of hydrogen-bond donors (Lipinski definition) is 1. The van der Waals surface area contributed by atoms with Crippen molar-refractivity contribution in [2.45, 2.75) is 46.1 Å². The Bertz CT molecular complexity index is 119. The van der Waals surface area contributed by atoms with Gasteiger partial charge in [-0.1, -0.05) is 20.8 Å². The molecule has 1 atom stereocenters. The van der Waals surface area contributed by atoms with E-state index in [4.69, 9.17) is 5.11 Å². The summed E-state index contributed by atoms with van der Waals surface area (Å²) < 4.78 is 0. The molecule has 1 unspecified atom stereocenters. The second-order valence-electron chi connectivity index (χ2n) is 3.32. The highest BCUT2D eigenvalue weighted by Crippen LogP contribution is 2.06. The van der Waals surface area contributed by atoms with E-state index >= 15 is 0 Å². The van der Waals surface area contributed by atoms with Crippen LogP contribution >= 0.6 is 0 Å². The predicted octanol–water partition coefficient (Wildman–Crippen LogP) is 1.76. The van der Waals surface area contributed by atoms with Crippen molar-refractivity contribution in [3.05, 3.63) is 0 Å². The Morgan fingerprint density at radius 3 is 2.36 bits per heavy atom. The summed E-state index contributed by atoms with van der Waals surface area (Å²) in [5.41, 5.74) is 0. The van der Waals surface area contributed by atoms with Gasteiger partial charge in [0.05, 0.1) is 0 Å². The minimum absolute atomic E-state index is 0.0128. The summed E-state index contributed by atoms with van der Waals surface area (Å²) in [6.45, 7) is 5.97. The quantitative estimate of drug-likeness (QED) is 0.662.